The summed E-state index contributed by atoms with van der Waals surface area (Å²) in [4.78, 5) is 21.0. The molecule has 10 heteroatoms. The first-order valence-corrected chi connectivity index (χ1v) is 12.2. The summed E-state index contributed by atoms with van der Waals surface area (Å²) in [5, 5.41) is 10.9. The number of nitrogens with one attached hydrogen (secondary N) is 1. The quantitative estimate of drug-likeness (QED) is 0.169. The van der Waals surface area contributed by atoms with Crippen molar-refractivity contribution in [2.45, 2.75) is 32.9 Å². The van der Waals surface area contributed by atoms with Gasteiger partial charge in [0.1, 0.15) is 35.6 Å². The Balaban J connectivity index is 1.45. The molecule has 2 aromatic heterocycles. The van der Waals surface area contributed by atoms with Crippen molar-refractivity contribution in [1.82, 2.24) is 14.5 Å². The van der Waals surface area contributed by atoms with Crippen LogP contribution in [0.15, 0.2) is 61.1 Å². The summed E-state index contributed by atoms with van der Waals surface area (Å²) in [5.41, 5.74) is 2.26. The zero-order chi connectivity index (χ0) is 26.4. The zero-order valence-corrected chi connectivity index (χ0v) is 21.7. The van der Waals surface area contributed by atoms with Crippen LogP contribution in [0.25, 0.3) is 11.0 Å². The minimum absolute atomic E-state index is 0.236. The molecule has 4 rings (SSSR count). The smallest absolute Gasteiger partial charge is 0.338 e. The number of hydrogen-bond donors (Lipinski definition) is 1. The van der Waals surface area contributed by atoms with Crippen LogP contribution in [-0.2, 0) is 16.0 Å². The maximum absolute atomic E-state index is 12.2. The Bertz CT molecular complexity index is 1370. The van der Waals surface area contributed by atoms with E-state index in [9.17, 15) is 4.79 Å². The molecule has 0 fully saturated rings. The van der Waals surface area contributed by atoms with Crippen LogP contribution in [0.3, 0.4) is 0 Å². The highest BCUT2D eigenvalue weighted by atomic mass is 35.5. The van der Waals surface area contributed by atoms with Crippen LogP contribution >= 0.6 is 11.6 Å². The number of nitrogens with zero attached hydrogens (tertiary/aromatic N) is 3. The molecule has 2 aromatic carbocycles. The van der Waals surface area contributed by atoms with E-state index in [-0.39, 0.29) is 6.61 Å². The first-order valence-electron chi connectivity index (χ1n) is 11.8. The van der Waals surface area contributed by atoms with Crippen LogP contribution in [0, 0.1) is 0 Å². The summed E-state index contributed by atoms with van der Waals surface area (Å²) >= 11 is 6.52. The largest absolute Gasteiger partial charge is 0.456 e. The van der Waals surface area contributed by atoms with Gasteiger partial charge in [0.25, 0.3) is 0 Å². The normalized spacial score (nSPS) is 11.5. The summed E-state index contributed by atoms with van der Waals surface area (Å²) in [5.74, 6) is 1.26. The van der Waals surface area contributed by atoms with E-state index in [0.29, 0.717) is 47.7 Å². The minimum atomic E-state index is -0.562. The van der Waals surface area contributed by atoms with Gasteiger partial charge in [0, 0.05) is 18.4 Å². The number of anilines is 2. The van der Waals surface area contributed by atoms with Gasteiger partial charge >= 0.3 is 5.97 Å². The Kier molecular flexibility index (Phi) is 8.27. The monoisotopic (exact) mass is 525 g/mol. The van der Waals surface area contributed by atoms with Gasteiger partial charge in [-0.05, 0) is 69.3 Å². The highest BCUT2D eigenvalue weighted by molar-refractivity contribution is 6.32. The van der Waals surface area contributed by atoms with E-state index in [1.807, 2.05) is 43.7 Å². The van der Waals surface area contributed by atoms with Crippen LogP contribution in [0.1, 0.15) is 31.1 Å². The molecular weight excluding hydrogens is 496 g/mol. The van der Waals surface area contributed by atoms with Gasteiger partial charge in [-0.3, -0.25) is 0 Å². The lowest BCUT2D eigenvalue weighted by atomic mass is 10.1. The molecule has 0 spiro atoms. The zero-order valence-electron chi connectivity index (χ0n) is 21.0. The first-order chi connectivity index (χ1) is 17.7. The molecule has 0 amide bonds. The van der Waals surface area contributed by atoms with Gasteiger partial charge < -0.3 is 29.2 Å². The fourth-order valence-electron chi connectivity index (χ4n) is 3.57. The number of fused-ring (bicyclic) bond motifs is 1. The number of halogens is 1. The molecule has 2 heterocycles. The van der Waals surface area contributed by atoms with Crippen LogP contribution in [0.2, 0.25) is 5.02 Å². The second kappa shape index (κ2) is 11.6. The van der Waals surface area contributed by atoms with E-state index in [1.54, 1.807) is 36.4 Å². The molecule has 9 nitrogen and oxygen atoms in total. The number of rotatable bonds is 10. The first kappa shape index (κ1) is 26.4. The summed E-state index contributed by atoms with van der Waals surface area (Å²) < 4.78 is 18.8. The Hall–Kier alpha value is -3.66. The second-order valence-corrected chi connectivity index (χ2v) is 9.63. The van der Waals surface area contributed by atoms with Gasteiger partial charge in [-0.1, -0.05) is 11.6 Å². The highest BCUT2D eigenvalue weighted by Gasteiger charge is 2.18. The third-order valence-corrected chi connectivity index (χ3v) is 5.48. The molecule has 3 N–H and O–H groups in total. The van der Waals surface area contributed by atoms with Crippen LogP contribution in [-0.4, -0.2) is 51.0 Å². The lowest BCUT2D eigenvalue weighted by Crippen LogP contribution is -2.23. The SMILES string of the molecule is CC(C)(C)OC(=O)c1ccc(Oc2ccc(Nc3ncnc4ccn(CCOCC[OH2+])c34)cc2Cl)cc1. The van der Waals surface area contributed by atoms with Crippen molar-refractivity contribution in [3.05, 3.63) is 71.6 Å². The number of aromatic nitrogens is 3. The average Bonchev–Trinajstić information content (AvgIpc) is 3.27. The summed E-state index contributed by atoms with van der Waals surface area (Å²) in [6.45, 7) is 7.23. The van der Waals surface area contributed by atoms with Gasteiger partial charge in [0.15, 0.2) is 12.4 Å². The fourth-order valence-corrected chi connectivity index (χ4v) is 3.79. The molecular formula is C27H30ClN4O5+. The van der Waals surface area contributed by atoms with Crippen molar-refractivity contribution >= 4 is 40.1 Å². The van der Waals surface area contributed by atoms with Gasteiger partial charge in [-0.2, -0.15) is 0 Å². The van der Waals surface area contributed by atoms with Gasteiger partial charge in [-0.15, -0.1) is 0 Å². The molecule has 0 saturated carbocycles. The number of benzene rings is 2. The number of ether oxygens (including phenoxy) is 3. The molecule has 0 radical (unpaired) electrons. The summed E-state index contributed by atoms with van der Waals surface area (Å²) in [6.07, 6.45) is 3.44. The number of hydrogen-bond acceptors (Lipinski definition) is 7. The number of carbonyl (C=O) groups excluding carboxylic acids is 1. The number of carbonyl (C=O) groups is 1. The number of esters is 1. The van der Waals surface area contributed by atoms with Gasteiger partial charge in [0.05, 0.1) is 22.7 Å². The summed E-state index contributed by atoms with van der Waals surface area (Å²) in [7, 11) is 0. The fraction of sp³-hybridized carbons (Fsp3) is 0.296. The van der Waals surface area contributed by atoms with Crippen molar-refractivity contribution in [2.24, 2.45) is 0 Å². The van der Waals surface area contributed by atoms with Crippen molar-refractivity contribution in [1.29, 1.82) is 0 Å². The predicted octanol–water partition coefficient (Wildman–Crippen LogP) is 5.32. The van der Waals surface area contributed by atoms with E-state index < -0.39 is 11.6 Å². The molecule has 0 aliphatic carbocycles. The van der Waals surface area contributed by atoms with E-state index in [2.05, 4.69) is 15.3 Å². The molecule has 0 atom stereocenters. The molecule has 0 unspecified atom stereocenters. The molecule has 0 aliphatic heterocycles. The average molecular weight is 526 g/mol. The standard InChI is InChI=1S/C27H29ClN4O5/c1-27(2,3)37-26(34)18-4-7-20(8-5-18)36-23-9-6-19(16-21(23)28)31-25-24-22(29-17-30-25)10-11-32(24)12-14-35-15-13-33/h4-11,16-17,33H,12-15H2,1-3H3,(H,29,30,31)/p+1. The van der Waals surface area contributed by atoms with E-state index >= 15 is 0 Å². The molecule has 0 bridgehead atoms. The molecule has 0 aliphatic rings. The predicted molar refractivity (Wildman–Crippen MR) is 143 cm³/mol. The van der Waals surface area contributed by atoms with Crippen molar-refractivity contribution in [3.8, 4) is 11.5 Å². The third-order valence-electron chi connectivity index (χ3n) is 5.18. The Labute approximate surface area is 220 Å². The molecule has 37 heavy (non-hydrogen) atoms. The topological polar surface area (TPSA) is 110 Å². The Morgan fingerprint density at radius 1 is 1.08 bits per heavy atom. The van der Waals surface area contributed by atoms with Crippen LogP contribution < -0.4 is 10.1 Å². The van der Waals surface area contributed by atoms with Crippen molar-refractivity contribution in [3.63, 3.8) is 0 Å². The van der Waals surface area contributed by atoms with E-state index in [4.69, 9.17) is 30.9 Å². The van der Waals surface area contributed by atoms with E-state index in [0.717, 1.165) is 16.7 Å². The Morgan fingerprint density at radius 3 is 2.57 bits per heavy atom. The highest BCUT2D eigenvalue weighted by Crippen LogP contribution is 2.33. The molecule has 4 aromatic rings. The second-order valence-electron chi connectivity index (χ2n) is 9.23. The minimum Gasteiger partial charge on any atom is -0.456 e. The van der Waals surface area contributed by atoms with Crippen LogP contribution in [0.4, 0.5) is 11.5 Å². The summed E-state index contributed by atoms with van der Waals surface area (Å²) in [6, 6.07) is 14.0. The van der Waals surface area contributed by atoms with Crippen LogP contribution in [0.5, 0.6) is 11.5 Å². The maximum atomic E-state index is 12.2. The maximum Gasteiger partial charge on any atom is 0.338 e. The van der Waals surface area contributed by atoms with Crippen molar-refractivity contribution in [2.75, 3.05) is 25.1 Å². The van der Waals surface area contributed by atoms with E-state index in [1.165, 1.54) is 6.33 Å². The van der Waals surface area contributed by atoms with Crippen molar-refractivity contribution < 1.29 is 24.1 Å². The lowest BCUT2D eigenvalue weighted by Gasteiger charge is -2.19. The Morgan fingerprint density at radius 2 is 1.86 bits per heavy atom. The third kappa shape index (κ3) is 6.97. The molecule has 0 saturated heterocycles. The lowest BCUT2D eigenvalue weighted by molar-refractivity contribution is 0.00695. The van der Waals surface area contributed by atoms with Gasteiger partial charge in [-0.25, -0.2) is 14.8 Å². The van der Waals surface area contributed by atoms with Gasteiger partial charge in [0.2, 0.25) is 0 Å². The molecule has 194 valence electrons.